The Hall–Kier alpha value is -2.65. The van der Waals surface area contributed by atoms with Gasteiger partial charge in [-0.1, -0.05) is 29.8 Å². The molecular formula is C26H31N3. The molecule has 3 aromatic rings. The van der Waals surface area contributed by atoms with Crippen LogP contribution in [0.15, 0.2) is 60.8 Å². The normalized spacial score (nSPS) is 14.7. The first-order valence-electron chi connectivity index (χ1n) is 10.7. The summed E-state index contributed by atoms with van der Waals surface area (Å²) >= 11 is 0. The third-order valence-electron chi connectivity index (χ3n) is 6.10. The molecule has 3 heteroatoms. The van der Waals surface area contributed by atoms with Crippen molar-refractivity contribution in [3.63, 3.8) is 0 Å². The molecular weight excluding hydrogens is 354 g/mol. The summed E-state index contributed by atoms with van der Waals surface area (Å²) in [6, 6.07) is 20.6. The van der Waals surface area contributed by atoms with Crippen LogP contribution < -0.4 is 10.2 Å². The van der Waals surface area contributed by atoms with Crippen molar-refractivity contribution >= 4 is 5.69 Å². The molecule has 150 valence electrons. The summed E-state index contributed by atoms with van der Waals surface area (Å²) in [5, 5.41) is 3.50. The highest BCUT2D eigenvalue weighted by molar-refractivity contribution is 5.62. The Kier molecular flexibility index (Phi) is 5.96. The molecule has 1 saturated heterocycles. The summed E-state index contributed by atoms with van der Waals surface area (Å²) in [6.45, 7) is 9.57. The minimum Gasteiger partial charge on any atom is -0.364 e. The SMILES string of the molecule is Cc1ccc(N(Cc2ccnc(-c3ccc(C)c(C)c3)c2)C2CCNCC2)cc1. The van der Waals surface area contributed by atoms with Crippen LogP contribution in [0.5, 0.6) is 0 Å². The lowest BCUT2D eigenvalue weighted by atomic mass is 10.0. The smallest absolute Gasteiger partial charge is 0.0705 e. The van der Waals surface area contributed by atoms with Gasteiger partial charge >= 0.3 is 0 Å². The molecule has 0 aliphatic carbocycles. The molecule has 1 fully saturated rings. The maximum absolute atomic E-state index is 4.66. The number of anilines is 1. The zero-order valence-corrected chi connectivity index (χ0v) is 17.8. The topological polar surface area (TPSA) is 28.2 Å². The van der Waals surface area contributed by atoms with Gasteiger partial charge in [0.25, 0.3) is 0 Å². The maximum Gasteiger partial charge on any atom is 0.0705 e. The average Bonchev–Trinajstić information content (AvgIpc) is 2.75. The number of benzene rings is 2. The molecule has 0 bridgehead atoms. The first-order valence-corrected chi connectivity index (χ1v) is 10.7. The van der Waals surface area contributed by atoms with E-state index in [2.05, 4.69) is 90.6 Å². The Balaban J connectivity index is 1.63. The van der Waals surface area contributed by atoms with Gasteiger partial charge in [-0.15, -0.1) is 0 Å². The molecule has 0 radical (unpaired) electrons. The van der Waals surface area contributed by atoms with Gasteiger partial charge in [-0.25, -0.2) is 0 Å². The third kappa shape index (κ3) is 4.68. The van der Waals surface area contributed by atoms with Gasteiger partial charge in [0.15, 0.2) is 0 Å². The van der Waals surface area contributed by atoms with Crippen molar-refractivity contribution in [3.05, 3.63) is 83.0 Å². The number of rotatable bonds is 5. The molecule has 0 spiro atoms. The highest BCUT2D eigenvalue weighted by Gasteiger charge is 2.21. The van der Waals surface area contributed by atoms with Crippen molar-refractivity contribution < 1.29 is 0 Å². The lowest BCUT2D eigenvalue weighted by Gasteiger charge is -2.36. The van der Waals surface area contributed by atoms with Crippen LogP contribution in [-0.2, 0) is 6.54 Å². The molecule has 2 aromatic carbocycles. The van der Waals surface area contributed by atoms with E-state index >= 15 is 0 Å². The zero-order chi connectivity index (χ0) is 20.2. The van der Waals surface area contributed by atoms with Crippen LogP contribution in [-0.4, -0.2) is 24.1 Å². The molecule has 0 atom stereocenters. The van der Waals surface area contributed by atoms with E-state index in [1.54, 1.807) is 0 Å². The molecule has 1 aliphatic rings. The number of aryl methyl sites for hydroxylation is 3. The van der Waals surface area contributed by atoms with Gasteiger partial charge in [-0.3, -0.25) is 4.98 Å². The average molecular weight is 386 g/mol. The Morgan fingerprint density at radius 2 is 1.66 bits per heavy atom. The maximum atomic E-state index is 4.66. The van der Waals surface area contributed by atoms with E-state index in [1.807, 2.05) is 6.20 Å². The number of aromatic nitrogens is 1. The van der Waals surface area contributed by atoms with Gasteiger partial charge in [0.05, 0.1) is 5.69 Å². The van der Waals surface area contributed by atoms with Crippen LogP contribution in [0.3, 0.4) is 0 Å². The summed E-state index contributed by atoms with van der Waals surface area (Å²) in [5.41, 5.74) is 8.81. The number of nitrogens with one attached hydrogen (secondary N) is 1. The molecule has 1 aliphatic heterocycles. The highest BCUT2D eigenvalue weighted by atomic mass is 15.2. The van der Waals surface area contributed by atoms with Crippen molar-refractivity contribution in [2.24, 2.45) is 0 Å². The van der Waals surface area contributed by atoms with Crippen molar-refractivity contribution in [1.82, 2.24) is 10.3 Å². The van der Waals surface area contributed by atoms with E-state index in [0.29, 0.717) is 6.04 Å². The molecule has 4 rings (SSSR count). The first kappa shape index (κ1) is 19.7. The van der Waals surface area contributed by atoms with Gasteiger partial charge in [0, 0.05) is 30.0 Å². The van der Waals surface area contributed by atoms with E-state index in [-0.39, 0.29) is 0 Å². The molecule has 29 heavy (non-hydrogen) atoms. The van der Waals surface area contributed by atoms with Gasteiger partial charge in [0.1, 0.15) is 0 Å². The largest absolute Gasteiger partial charge is 0.364 e. The Bertz CT molecular complexity index is 956. The van der Waals surface area contributed by atoms with E-state index in [0.717, 1.165) is 25.3 Å². The van der Waals surface area contributed by atoms with E-state index in [9.17, 15) is 0 Å². The highest BCUT2D eigenvalue weighted by Crippen LogP contribution is 2.26. The van der Waals surface area contributed by atoms with Crippen molar-refractivity contribution in [3.8, 4) is 11.3 Å². The Morgan fingerprint density at radius 1 is 0.897 bits per heavy atom. The first-order chi connectivity index (χ1) is 14.1. The summed E-state index contributed by atoms with van der Waals surface area (Å²) in [6.07, 6.45) is 4.32. The van der Waals surface area contributed by atoms with Gasteiger partial charge in [0.2, 0.25) is 0 Å². The predicted octanol–water partition coefficient (Wildman–Crippen LogP) is 5.43. The van der Waals surface area contributed by atoms with Crippen LogP contribution in [0.25, 0.3) is 11.3 Å². The van der Waals surface area contributed by atoms with Crippen LogP contribution >= 0.6 is 0 Å². The quantitative estimate of drug-likeness (QED) is 0.634. The summed E-state index contributed by atoms with van der Waals surface area (Å²) in [4.78, 5) is 7.24. The summed E-state index contributed by atoms with van der Waals surface area (Å²) < 4.78 is 0. The molecule has 1 aromatic heterocycles. The van der Waals surface area contributed by atoms with Gasteiger partial charge in [-0.2, -0.15) is 0 Å². The van der Waals surface area contributed by atoms with Gasteiger partial charge in [-0.05, 0) is 93.7 Å². The van der Waals surface area contributed by atoms with Crippen molar-refractivity contribution in [2.45, 2.75) is 46.2 Å². The molecule has 0 unspecified atom stereocenters. The Morgan fingerprint density at radius 3 is 2.38 bits per heavy atom. The van der Waals surface area contributed by atoms with E-state index < -0.39 is 0 Å². The second-order valence-corrected chi connectivity index (χ2v) is 8.29. The fourth-order valence-corrected chi connectivity index (χ4v) is 4.11. The zero-order valence-electron chi connectivity index (χ0n) is 17.8. The monoisotopic (exact) mass is 385 g/mol. The number of hydrogen-bond donors (Lipinski definition) is 1. The molecule has 2 heterocycles. The molecule has 3 nitrogen and oxygen atoms in total. The second-order valence-electron chi connectivity index (χ2n) is 8.29. The minimum atomic E-state index is 0.567. The van der Waals surface area contributed by atoms with Crippen LogP contribution in [0.4, 0.5) is 5.69 Å². The Labute approximate surface area is 174 Å². The van der Waals surface area contributed by atoms with Gasteiger partial charge < -0.3 is 10.2 Å². The van der Waals surface area contributed by atoms with Crippen LogP contribution in [0.1, 0.15) is 35.1 Å². The third-order valence-corrected chi connectivity index (χ3v) is 6.10. The fourth-order valence-electron chi connectivity index (χ4n) is 4.11. The van der Waals surface area contributed by atoms with E-state index in [1.165, 1.54) is 46.3 Å². The number of hydrogen-bond acceptors (Lipinski definition) is 3. The van der Waals surface area contributed by atoms with E-state index in [4.69, 9.17) is 0 Å². The number of pyridine rings is 1. The fraction of sp³-hybridized carbons (Fsp3) is 0.346. The van der Waals surface area contributed by atoms with Crippen LogP contribution in [0, 0.1) is 20.8 Å². The lowest BCUT2D eigenvalue weighted by molar-refractivity contribution is 0.428. The van der Waals surface area contributed by atoms with Crippen LogP contribution in [0.2, 0.25) is 0 Å². The number of piperidine rings is 1. The number of nitrogens with zero attached hydrogens (tertiary/aromatic N) is 2. The second kappa shape index (κ2) is 8.79. The molecule has 1 N–H and O–H groups in total. The summed E-state index contributed by atoms with van der Waals surface area (Å²) in [7, 11) is 0. The van der Waals surface area contributed by atoms with Crippen molar-refractivity contribution in [2.75, 3.05) is 18.0 Å². The summed E-state index contributed by atoms with van der Waals surface area (Å²) in [5.74, 6) is 0. The van der Waals surface area contributed by atoms with Crippen molar-refractivity contribution in [1.29, 1.82) is 0 Å². The molecule has 0 saturated carbocycles. The minimum absolute atomic E-state index is 0.567. The lowest BCUT2D eigenvalue weighted by Crippen LogP contribution is -2.43. The molecule has 0 amide bonds. The predicted molar refractivity (Wildman–Crippen MR) is 122 cm³/mol. The standard InChI is InChI=1S/C26H31N3/c1-19-4-8-24(9-5-19)29(25-11-13-27-14-12-25)18-22-10-15-28-26(17-22)23-7-6-20(2)21(3)16-23/h4-10,15-17,25,27H,11-14,18H2,1-3H3.